The number of aliphatic hydroxyl groups is 1. The highest BCUT2D eigenvalue weighted by Gasteiger charge is 2.35. The number of nitrogens with zero attached hydrogens (tertiary/aromatic N) is 1. The predicted molar refractivity (Wildman–Crippen MR) is 125 cm³/mol. The van der Waals surface area contributed by atoms with Crippen LogP contribution in [0.15, 0.2) is 47.6 Å². The van der Waals surface area contributed by atoms with Crippen LogP contribution in [0.4, 0.5) is 0 Å². The van der Waals surface area contributed by atoms with Crippen molar-refractivity contribution < 1.29 is 19.4 Å². The summed E-state index contributed by atoms with van der Waals surface area (Å²) in [5.74, 6) is 0.749. The van der Waals surface area contributed by atoms with Crippen LogP contribution < -0.4 is 10.6 Å². The number of hydrogen-bond donors (Lipinski definition) is 4. The van der Waals surface area contributed by atoms with Gasteiger partial charge in [-0.25, -0.2) is 0 Å². The highest BCUT2D eigenvalue weighted by Crippen LogP contribution is 2.29. The van der Waals surface area contributed by atoms with Gasteiger partial charge < -0.3 is 25.4 Å². The molecule has 4 N–H and O–H groups in total. The fourth-order valence-corrected chi connectivity index (χ4v) is 3.70. The van der Waals surface area contributed by atoms with Crippen molar-refractivity contribution >= 4 is 17.6 Å². The van der Waals surface area contributed by atoms with Crippen molar-refractivity contribution in [3.05, 3.63) is 47.6 Å². The number of carbonyl (C=O) groups is 2. The molecule has 1 atom stereocenters. The van der Waals surface area contributed by atoms with Crippen LogP contribution in [-0.4, -0.2) is 52.9 Å². The Hall–Kier alpha value is -2.87. The summed E-state index contributed by atoms with van der Waals surface area (Å²) in [6.07, 6.45) is 10.8. The summed E-state index contributed by atoms with van der Waals surface area (Å²) in [5.41, 5.74) is 0.413. The first-order valence-corrected chi connectivity index (χ1v) is 11.0. The number of allylic oxidation sites excluding steroid dienone is 3. The monoisotopic (exact) mass is 444 g/mol. The molecule has 0 spiro atoms. The van der Waals surface area contributed by atoms with Gasteiger partial charge in [0.15, 0.2) is 0 Å². The lowest BCUT2D eigenvalue weighted by Crippen LogP contribution is -2.49. The zero-order chi connectivity index (χ0) is 23.9. The van der Waals surface area contributed by atoms with E-state index in [1.807, 2.05) is 26.0 Å². The van der Waals surface area contributed by atoms with Gasteiger partial charge in [0.2, 0.25) is 5.91 Å². The number of hydrogen-bond acceptors (Lipinski definition) is 6. The van der Waals surface area contributed by atoms with Gasteiger partial charge in [-0.3, -0.25) is 15.0 Å². The molecule has 0 bridgehead atoms. The molecule has 2 amide bonds. The van der Waals surface area contributed by atoms with Crippen LogP contribution in [-0.2, 0) is 14.3 Å². The number of nitrogens with one attached hydrogen (secondary N) is 3. The van der Waals surface area contributed by atoms with E-state index in [-0.39, 0.29) is 30.1 Å². The molecule has 2 rings (SSSR count). The van der Waals surface area contributed by atoms with E-state index in [9.17, 15) is 14.7 Å². The molecule has 32 heavy (non-hydrogen) atoms. The Morgan fingerprint density at radius 3 is 2.59 bits per heavy atom. The van der Waals surface area contributed by atoms with Crippen molar-refractivity contribution in [1.82, 2.24) is 15.5 Å². The SMILES string of the molecule is CN/C=C\C(=N)NC(=O)[C@H](CC(C)C)N1CC(OC2=CC=C(CC(C)(C)O)CC2)=CC1=O. The molecule has 0 aromatic rings. The summed E-state index contributed by atoms with van der Waals surface area (Å²) < 4.78 is 5.96. The van der Waals surface area contributed by atoms with E-state index in [4.69, 9.17) is 10.1 Å². The van der Waals surface area contributed by atoms with Crippen LogP contribution in [0, 0.1) is 11.3 Å². The topological polar surface area (TPSA) is 115 Å². The minimum Gasteiger partial charge on any atom is -0.464 e. The Morgan fingerprint density at radius 2 is 2.03 bits per heavy atom. The van der Waals surface area contributed by atoms with Crippen LogP contribution >= 0.6 is 0 Å². The lowest BCUT2D eigenvalue weighted by atomic mass is 9.92. The van der Waals surface area contributed by atoms with Crippen molar-refractivity contribution in [2.45, 2.75) is 65.0 Å². The minimum atomic E-state index is -0.746. The van der Waals surface area contributed by atoms with Gasteiger partial charge in [-0.05, 0) is 57.4 Å². The number of ether oxygens (including phenoxy) is 1. The fraction of sp³-hybridized carbons (Fsp3) is 0.542. The molecular weight excluding hydrogens is 408 g/mol. The van der Waals surface area contributed by atoms with Crippen LogP contribution in [0.5, 0.6) is 0 Å². The Morgan fingerprint density at radius 1 is 1.31 bits per heavy atom. The van der Waals surface area contributed by atoms with E-state index in [1.54, 1.807) is 27.1 Å². The summed E-state index contributed by atoms with van der Waals surface area (Å²) in [5, 5.41) is 23.2. The average Bonchev–Trinajstić information content (AvgIpc) is 3.04. The highest BCUT2D eigenvalue weighted by molar-refractivity contribution is 6.05. The molecule has 0 fully saturated rings. The molecule has 8 heteroatoms. The predicted octanol–water partition coefficient (Wildman–Crippen LogP) is 2.74. The largest absolute Gasteiger partial charge is 0.464 e. The zero-order valence-corrected chi connectivity index (χ0v) is 19.7. The first-order valence-electron chi connectivity index (χ1n) is 11.0. The van der Waals surface area contributed by atoms with Crippen molar-refractivity contribution in [2.24, 2.45) is 5.92 Å². The van der Waals surface area contributed by atoms with E-state index in [0.717, 1.165) is 17.8 Å². The molecular formula is C24H36N4O4. The molecule has 0 saturated heterocycles. The normalized spacial score (nSPS) is 17.8. The second-order valence-electron chi connectivity index (χ2n) is 9.30. The van der Waals surface area contributed by atoms with E-state index >= 15 is 0 Å². The van der Waals surface area contributed by atoms with Crippen molar-refractivity contribution in [3.63, 3.8) is 0 Å². The zero-order valence-electron chi connectivity index (χ0n) is 19.7. The second kappa shape index (κ2) is 11.1. The van der Waals surface area contributed by atoms with Gasteiger partial charge in [0, 0.05) is 19.5 Å². The summed E-state index contributed by atoms with van der Waals surface area (Å²) in [6.45, 7) is 7.76. The molecule has 8 nitrogen and oxygen atoms in total. The molecule has 1 heterocycles. The molecule has 0 radical (unpaired) electrons. The Kier molecular flexibility index (Phi) is 8.83. The second-order valence-corrected chi connectivity index (χ2v) is 9.30. The van der Waals surface area contributed by atoms with Crippen molar-refractivity contribution in [3.8, 4) is 0 Å². The fourth-order valence-electron chi connectivity index (χ4n) is 3.70. The Labute approximate surface area is 190 Å². The van der Waals surface area contributed by atoms with Crippen LogP contribution in [0.25, 0.3) is 0 Å². The molecule has 0 unspecified atom stereocenters. The summed E-state index contributed by atoms with van der Waals surface area (Å²) in [4.78, 5) is 27.0. The maximum atomic E-state index is 12.8. The first kappa shape index (κ1) is 25.4. The van der Waals surface area contributed by atoms with E-state index in [0.29, 0.717) is 25.0 Å². The van der Waals surface area contributed by atoms with Crippen LogP contribution in [0.2, 0.25) is 0 Å². The first-order chi connectivity index (χ1) is 15.0. The van der Waals surface area contributed by atoms with Gasteiger partial charge >= 0.3 is 0 Å². The van der Waals surface area contributed by atoms with E-state index in [2.05, 4.69) is 10.6 Å². The van der Waals surface area contributed by atoms with Gasteiger partial charge in [0.25, 0.3) is 5.91 Å². The van der Waals surface area contributed by atoms with Crippen LogP contribution in [0.1, 0.15) is 53.4 Å². The average molecular weight is 445 g/mol. The van der Waals surface area contributed by atoms with Crippen molar-refractivity contribution in [1.29, 1.82) is 5.41 Å². The lowest BCUT2D eigenvalue weighted by Gasteiger charge is -2.28. The van der Waals surface area contributed by atoms with Gasteiger partial charge in [-0.1, -0.05) is 25.5 Å². The van der Waals surface area contributed by atoms with Gasteiger partial charge in [-0.2, -0.15) is 0 Å². The quantitative estimate of drug-likeness (QED) is 0.306. The summed E-state index contributed by atoms with van der Waals surface area (Å²) >= 11 is 0. The highest BCUT2D eigenvalue weighted by atomic mass is 16.5. The summed E-state index contributed by atoms with van der Waals surface area (Å²) in [7, 11) is 1.70. The molecule has 1 aliphatic heterocycles. The van der Waals surface area contributed by atoms with E-state index in [1.165, 1.54) is 17.1 Å². The molecule has 1 aliphatic carbocycles. The number of carbonyl (C=O) groups excluding carboxylic acids is 2. The number of amidine groups is 1. The van der Waals surface area contributed by atoms with Gasteiger partial charge in [0.1, 0.15) is 23.4 Å². The third kappa shape index (κ3) is 8.00. The maximum absolute atomic E-state index is 12.8. The molecule has 0 aromatic carbocycles. The number of rotatable bonds is 10. The molecule has 176 valence electrons. The smallest absolute Gasteiger partial charge is 0.251 e. The Balaban J connectivity index is 2.04. The van der Waals surface area contributed by atoms with Crippen LogP contribution in [0.3, 0.4) is 0 Å². The third-order valence-corrected chi connectivity index (χ3v) is 5.06. The molecule has 0 aromatic heterocycles. The van der Waals surface area contributed by atoms with Gasteiger partial charge in [0.05, 0.1) is 12.1 Å². The van der Waals surface area contributed by atoms with Gasteiger partial charge in [-0.15, -0.1) is 0 Å². The molecule has 2 aliphatic rings. The summed E-state index contributed by atoms with van der Waals surface area (Å²) in [6, 6.07) is -0.693. The van der Waals surface area contributed by atoms with Crippen molar-refractivity contribution in [2.75, 3.05) is 13.6 Å². The van der Waals surface area contributed by atoms with E-state index < -0.39 is 11.6 Å². The number of amides is 2. The minimum absolute atomic E-state index is 0.0461. The standard InChI is InChI=1S/C24H36N4O4/c1-16(2)12-20(23(30)27-21(25)10-11-26-5)28-15-19(13-22(28)29)32-18-8-6-17(7-9-18)14-24(3,4)31/h6,8,10-11,13,16,20,26,31H,7,9,12,14-15H2,1-5H3,(H2,25,27,30)/b11-10-/t20-/m0/s1. The maximum Gasteiger partial charge on any atom is 0.251 e. The lowest BCUT2D eigenvalue weighted by molar-refractivity contribution is -0.135. The Bertz CT molecular complexity index is 847. The molecule has 0 saturated carbocycles. The third-order valence-electron chi connectivity index (χ3n) is 5.06.